The third-order valence-corrected chi connectivity index (χ3v) is 3.94. The predicted octanol–water partition coefficient (Wildman–Crippen LogP) is 4.51. The van der Waals surface area contributed by atoms with Gasteiger partial charge in [0.2, 0.25) is 0 Å². The molecule has 0 radical (unpaired) electrons. The summed E-state index contributed by atoms with van der Waals surface area (Å²) in [6.45, 7) is 1.69. The van der Waals surface area contributed by atoms with Crippen LogP contribution in [0.3, 0.4) is 0 Å². The molecule has 2 aromatic rings. The Morgan fingerprint density at radius 3 is 2.21 bits per heavy atom. The van der Waals surface area contributed by atoms with E-state index < -0.39 is 0 Å². The van der Waals surface area contributed by atoms with Crippen LogP contribution in [0.1, 0.15) is 11.1 Å². The molecule has 19 heavy (non-hydrogen) atoms. The second-order valence-electron chi connectivity index (χ2n) is 4.20. The predicted molar refractivity (Wildman–Crippen MR) is 85.4 cm³/mol. The van der Waals surface area contributed by atoms with E-state index in [9.17, 15) is 0 Å². The smallest absolute Gasteiger partial charge is 0.133 e. The molecule has 0 atom stereocenters. The molecule has 4 heteroatoms. The minimum atomic E-state index is 0.832. The van der Waals surface area contributed by atoms with Gasteiger partial charge in [-0.3, -0.25) is 0 Å². The average molecular weight is 385 g/mol. The van der Waals surface area contributed by atoms with E-state index in [2.05, 4.69) is 73.6 Å². The molecule has 2 rings (SSSR count). The molecule has 0 aliphatic rings. The summed E-state index contributed by atoms with van der Waals surface area (Å²) in [5.41, 5.74) is 2.50. The summed E-state index contributed by atoms with van der Waals surface area (Å²) in [4.78, 5) is 0. The molecule has 0 bridgehead atoms. The van der Waals surface area contributed by atoms with Gasteiger partial charge in [-0.1, -0.05) is 34.1 Å². The standard InChI is InChI=1S/C15H15Br2NO/c1-19-15-7-4-12(8-14(15)17)10-18-9-11-2-5-13(16)6-3-11/h2-8,18H,9-10H2,1H3. The zero-order valence-electron chi connectivity index (χ0n) is 10.6. The van der Waals surface area contributed by atoms with Gasteiger partial charge in [0.05, 0.1) is 11.6 Å². The Hall–Kier alpha value is -0.840. The lowest BCUT2D eigenvalue weighted by molar-refractivity contribution is 0.412. The minimum Gasteiger partial charge on any atom is -0.496 e. The fraction of sp³-hybridized carbons (Fsp3) is 0.200. The van der Waals surface area contributed by atoms with E-state index in [1.54, 1.807) is 7.11 Å². The highest BCUT2D eigenvalue weighted by atomic mass is 79.9. The van der Waals surface area contributed by atoms with Crippen LogP contribution in [0.25, 0.3) is 0 Å². The number of rotatable bonds is 5. The van der Waals surface area contributed by atoms with Crippen molar-refractivity contribution in [2.45, 2.75) is 13.1 Å². The fourth-order valence-corrected chi connectivity index (χ4v) is 2.63. The first-order valence-corrected chi connectivity index (χ1v) is 7.55. The Bertz CT molecular complexity index is 540. The van der Waals surface area contributed by atoms with E-state index in [0.717, 1.165) is 27.8 Å². The topological polar surface area (TPSA) is 21.3 Å². The van der Waals surface area contributed by atoms with Crippen LogP contribution in [-0.2, 0) is 13.1 Å². The zero-order valence-corrected chi connectivity index (χ0v) is 13.8. The van der Waals surface area contributed by atoms with Gasteiger partial charge < -0.3 is 10.1 Å². The largest absolute Gasteiger partial charge is 0.496 e. The lowest BCUT2D eigenvalue weighted by atomic mass is 10.2. The number of hydrogen-bond donors (Lipinski definition) is 1. The van der Waals surface area contributed by atoms with Crippen LogP contribution < -0.4 is 10.1 Å². The zero-order chi connectivity index (χ0) is 13.7. The van der Waals surface area contributed by atoms with Gasteiger partial charge in [-0.05, 0) is 51.3 Å². The molecular weight excluding hydrogens is 370 g/mol. The molecule has 0 aliphatic carbocycles. The van der Waals surface area contributed by atoms with E-state index in [4.69, 9.17) is 4.74 Å². The Labute approximate surface area is 130 Å². The highest BCUT2D eigenvalue weighted by molar-refractivity contribution is 9.10. The molecule has 0 amide bonds. The maximum Gasteiger partial charge on any atom is 0.133 e. The van der Waals surface area contributed by atoms with Crippen molar-refractivity contribution in [3.05, 3.63) is 62.5 Å². The Balaban J connectivity index is 1.88. The summed E-state index contributed by atoms with van der Waals surface area (Å²) < 4.78 is 7.30. The first-order valence-electron chi connectivity index (χ1n) is 5.96. The van der Waals surface area contributed by atoms with Gasteiger partial charge in [0, 0.05) is 17.6 Å². The van der Waals surface area contributed by atoms with Gasteiger partial charge in [0.25, 0.3) is 0 Å². The summed E-state index contributed by atoms with van der Waals surface area (Å²) in [6.07, 6.45) is 0. The third-order valence-electron chi connectivity index (χ3n) is 2.79. The maximum absolute atomic E-state index is 5.21. The normalized spacial score (nSPS) is 10.5. The maximum atomic E-state index is 5.21. The number of halogens is 2. The van der Waals surface area contributed by atoms with Crippen molar-refractivity contribution < 1.29 is 4.74 Å². The summed E-state index contributed by atoms with van der Waals surface area (Å²) >= 11 is 6.93. The van der Waals surface area contributed by atoms with Gasteiger partial charge in [-0.2, -0.15) is 0 Å². The lowest BCUT2D eigenvalue weighted by Crippen LogP contribution is -2.12. The van der Waals surface area contributed by atoms with E-state index in [1.165, 1.54) is 11.1 Å². The fourth-order valence-electron chi connectivity index (χ4n) is 1.77. The van der Waals surface area contributed by atoms with Crippen LogP contribution in [0.2, 0.25) is 0 Å². The van der Waals surface area contributed by atoms with Crippen molar-refractivity contribution in [1.29, 1.82) is 0 Å². The molecule has 0 aromatic heterocycles. The van der Waals surface area contributed by atoms with Crippen LogP contribution in [0.4, 0.5) is 0 Å². The summed E-state index contributed by atoms with van der Waals surface area (Å²) in [6, 6.07) is 14.5. The van der Waals surface area contributed by atoms with E-state index >= 15 is 0 Å². The van der Waals surface area contributed by atoms with Crippen molar-refractivity contribution in [2.24, 2.45) is 0 Å². The van der Waals surface area contributed by atoms with E-state index in [0.29, 0.717) is 0 Å². The number of methoxy groups -OCH3 is 1. The van der Waals surface area contributed by atoms with Crippen LogP contribution in [0.5, 0.6) is 5.75 Å². The van der Waals surface area contributed by atoms with Crippen molar-refractivity contribution in [2.75, 3.05) is 7.11 Å². The minimum absolute atomic E-state index is 0.832. The first kappa shape index (κ1) is 14.6. The van der Waals surface area contributed by atoms with Crippen LogP contribution in [0, 0.1) is 0 Å². The van der Waals surface area contributed by atoms with Crippen LogP contribution in [0.15, 0.2) is 51.4 Å². The van der Waals surface area contributed by atoms with Crippen LogP contribution >= 0.6 is 31.9 Å². The van der Waals surface area contributed by atoms with Crippen molar-refractivity contribution in [3.8, 4) is 5.75 Å². The molecule has 1 N–H and O–H groups in total. The third kappa shape index (κ3) is 4.34. The number of hydrogen-bond acceptors (Lipinski definition) is 2. The molecule has 2 aromatic carbocycles. The van der Waals surface area contributed by atoms with Gasteiger partial charge in [0.15, 0.2) is 0 Å². The molecule has 100 valence electrons. The van der Waals surface area contributed by atoms with Gasteiger partial charge in [0.1, 0.15) is 5.75 Å². The van der Waals surface area contributed by atoms with Gasteiger partial charge >= 0.3 is 0 Å². The molecule has 0 aliphatic heterocycles. The SMILES string of the molecule is COc1ccc(CNCc2ccc(Br)cc2)cc1Br. The Morgan fingerprint density at radius 2 is 1.58 bits per heavy atom. The average Bonchev–Trinajstić information content (AvgIpc) is 2.41. The molecule has 0 fully saturated rings. The van der Waals surface area contributed by atoms with Crippen molar-refractivity contribution in [3.63, 3.8) is 0 Å². The number of benzene rings is 2. The first-order chi connectivity index (χ1) is 9.19. The van der Waals surface area contributed by atoms with E-state index in [1.807, 2.05) is 6.07 Å². The molecular formula is C15H15Br2NO. The lowest BCUT2D eigenvalue weighted by Gasteiger charge is -2.08. The molecule has 0 saturated carbocycles. The molecule has 0 saturated heterocycles. The van der Waals surface area contributed by atoms with Crippen LogP contribution in [-0.4, -0.2) is 7.11 Å². The van der Waals surface area contributed by atoms with Crippen molar-refractivity contribution in [1.82, 2.24) is 5.32 Å². The Morgan fingerprint density at radius 1 is 0.947 bits per heavy atom. The highest BCUT2D eigenvalue weighted by Crippen LogP contribution is 2.25. The number of ether oxygens (including phenoxy) is 1. The van der Waals surface area contributed by atoms with Crippen molar-refractivity contribution >= 4 is 31.9 Å². The molecule has 2 nitrogen and oxygen atoms in total. The summed E-state index contributed by atoms with van der Waals surface area (Å²) in [5, 5.41) is 3.43. The molecule has 0 spiro atoms. The second kappa shape index (κ2) is 7.08. The number of nitrogens with one attached hydrogen (secondary N) is 1. The molecule has 0 heterocycles. The summed E-state index contributed by atoms with van der Waals surface area (Å²) in [5.74, 6) is 0.858. The quantitative estimate of drug-likeness (QED) is 0.818. The Kier molecular flexibility index (Phi) is 5.43. The van der Waals surface area contributed by atoms with E-state index in [-0.39, 0.29) is 0 Å². The van der Waals surface area contributed by atoms with Gasteiger partial charge in [-0.15, -0.1) is 0 Å². The summed E-state index contributed by atoms with van der Waals surface area (Å²) in [7, 11) is 1.67. The highest BCUT2D eigenvalue weighted by Gasteiger charge is 2.01. The van der Waals surface area contributed by atoms with Gasteiger partial charge in [-0.25, -0.2) is 0 Å². The monoisotopic (exact) mass is 383 g/mol. The molecule has 0 unspecified atom stereocenters. The second-order valence-corrected chi connectivity index (χ2v) is 5.97.